The van der Waals surface area contributed by atoms with Gasteiger partial charge < -0.3 is 10.4 Å². The third-order valence-electron chi connectivity index (χ3n) is 3.06. The number of carbonyl (C=O) groups excluding carboxylic acids is 1. The average molecular weight is 327 g/mol. The lowest BCUT2D eigenvalue weighted by Crippen LogP contribution is -2.33. The van der Waals surface area contributed by atoms with Crippen molar-refractivity contribution in [2.75, 3.05) is 12.3 Å². The van der Waals surface area contributed by atoms with E-state index >= 15 is 0 Å². The van der Waals surface area contributed by atoms with Crippen LogP contribution in [-0.2, 0) is 9.59 Å². The van der Waals surface area contributed by atoms with Crippen LogP contribution in [0.1, 0.15) is 26.7 Å². The first-order valence-corrected chi connectivity index (χ1v) is 8.25. The summed E-state index contributed by atoms with van der Waals surface area (Å²) in [6.07, 6.45) is 0.843. The molecule has 0 spiro atoms. The molecule has 1 rings (SSSR count). The van der Waals surface area contributed by atoms with E-state index in [-0.39, 0.29) is 24.2 Å². The summed E-state index contributed by atoms with van der Waals surface area (Å²) >= 11 is 1.46. The SMILES string of the molecule is CC(C)CC(CNC(=O)CCSc1ccc(F)cc1)C(=O)O. The minimum Gasteiger partial charge on any atom is -0.481 e. The molecule has 0 saturated heterocycles. The Balaban J connectivity index is 2.27. The molecule has 22 heavy (non-hydrogen) atoms. The van der Waals surface area contributed by atoms with Gasteiger partial charge in [0.15, 0.2) is 0 Å². The molecule has 1 aromatic rings. The van der Waals surface area contributed by atoms with E-state index in [2.05, 4.69) is 5.32 Å². The Bertz CT molecular complexity index is 491. The minimum absolute atomic E-state index is 0.160. The third kappa shape index (κ3) is 7.45. The fourth-order valence-electron chi connectivity index (χ4n) is 1.96. The maximum atomic E-state index is 12.7. The molecule has 0 saturated carbocycles. The number of nitrogens with one attached hydrogen (secondary N) is 1. The molecule has 0 aliphatic heterocycles. The van der Waals surface area contributed by atoms with Crippen molar-refractivity contribution in [1.29, 1.82) is 0 Å². The highest BCUT2D eigenvalue weighted by Gasteiger charge is 2.19. The van der Waals surface area contributed by atoms with Gasteiger partial charge in [0, 0.05) is 23.6 Å². The number of benzene rings is 1. The van der Waals surface area contributed by atoms with Gasteiger partial charge in [-0.25, -0.2) is 4.39 Å². The molecule has 1 atom stereocenters. The summed E-state index contributed by atoms with van der Waals surface area (Å²) in [4.78, 5) is 23.7. The molecule has 0 aliphatic carbocycles. The van der Waals surface area contributed by atoms with Gasteiger partial charge in [-0.2, -0.15) is 0 Å². The lowest BCUT2D eigenvalue weighted by atomic mass is 9.97. The molecule has 6 heteroatoms. The molecule has 122 valence electrons. The van der Waals surface area contributed by atoms with E-state index in [1.807, 2.05) is 13.8 Å². The monoisotopic (exact) mass is 327 g/mol. The van der Waals surface area contributed by atoms with Crippen molar-refractivity contribution in [2.45, 2.75) is 31.6 Å². The van der Waals surface area contributed by atoms with Gasteiger partial charge in [0.25, 0.3) is 0 Å². The second kappa shape index (κ2) is 9.46. The molecule has 0 bridgehead atoms. The Morgan fingerprint density at radius 3 is 2.45 bits per heavy atom. The zero-order valence-corrected chi connectivity index (χ0v) is 13.7. The second-order valence-electron chi connectivity index (χ2n) is 5.52. The van der Waals surface area contributed by atoms with Crippen LogP contribution in [0, 0.1) is 17.7 Å². The molecule has 0 radical (unpaired) electrons. The van der Waals surface area contributed by atoms with Gasteiger partial charge in [-0.15, -0.1) is 11.8 Å². The van der Waals surface area contributed by atoms with E-state index in [1.54, 1.807) is 12.1 Å². The number of hydrogen-bond acceptors (Lipinski definition) is 3. The molecule has 0 heterocycles. The maximum Gasteiger partial charge on any atom is 0.308 e. The fraction of sp³-hybridized carbons (Fsp3) is 0.500. The predicted molar refractivity (Wildman–Crippen MR) is 85.3 cm³/mol. The van der Waals surface area contributed by atoms with Gasteiger partial charge >= 0.3 is 5.97 Å². The smallest absolute Gasteiger partial charge is 0.308 e. The van der Waals surface area contributed by atoms with Crippen LogP contribution < -0.4 is 5.32 Å². The second-order valence-corrected chi connectivity index (χ2v) is 6.69. The van der Waals surface area contributed by atoms with Crippen molar-refractivity contribution in [3.63, 3.8) is 0 Å². The van der Waals surface area contributed by atoms with Crippen molar-refractivity contribution < 1.29 is 19.1 Å². The van der Waals surface area contributed by atoms with Crippen molar-refractivity contribution in [1.82, 2.24) is 5.32 Å². The zero-order valence-electron chi connectivity index (χ0n) is 12.8. The summed E-state index contributed by atoms with van der Waals surface area (Å²) in [5.41, 5.74) is 0. The van der Waals surface area contributed by atoms with Crippen LogP contribution in [0.5, 0.6) is 0 Å². The van der Waals surface area contributed by atoms with E-state index in [0.717, 1.165) is 4.90 Å². The Morgan fingerprint density at radius 2 is 1.91 bits per heavy atom. The number of hydrogen-bond donors (Lipinski definition) is 2. The molecule has 1 aromatic carbocycles. The minimum atomic E-state index is -0.880. The van der Waals surface area contributed by atoms with E-state index in [9.17, 15) is 14.0 Å². The number of carbonyl (C=O) groups is 2. The lowest BCUT2D eigenvalue weighted by molar-refractivity contribution is -0.142. The molecule has 0 aromatic heterocycles. The van der Waals surface area contributed by atoms with Crippen LogP contribution in [0.3, 0.4) is 0 Å². The lowest BCUT2D eigenvalue weighted by Gasteiger charge is -2.15. The molecular weight excluding hydrogens is 305 g/mol. The predicted octanol–water partition coefficient (Wildman–Crippen LogP) is 3.17. The molecule has 1 amide bonds. The zero-order chi connectivity index (χ0) is 16.5. The van der Waals surface area contributed by atoms with Crippen LogP contribution in [0.25, 0.3) is 0 Å². The average Bonchev–Trinajstić information content (AvgIpc) is 2.45. The van der Waals surface area contributed by atoms with Crippen molar-refractivity contribution in [3.05, 3.63) is 30.1 Å². The number of rotatable bonds is 9. The summed E-state index contributed by atoms with van der Waals surface area (Å²) in [5.74, 6) is -1.04. The van der Waals surface area contributed by atoms with Crippen LogP contribution in [0.2, 0.25) is 0 Å². The number of amides is 1. The summed E-state index contributed by atoms with van der Waals surface area (Å²) < 4.78 is 12.7. The highest BCUT2D eigenvalue weighted by Crippen LogP contribution is 2.18. The maximum absolute atomic E-state index is 12.7. The largest absolute Gasteiger partial charge is 0.481 e. The first-order valence-electron chi connectivity index (χ1n) is 7.26. The molecule has 0 aliphatic rings. The third-order valence-corrected chi connectivity index (χ3v) is 4.08. The van der Waals surface area contributed by atoms with Gasteiger partial charge in [0.05, 0.1) is 5.92 Å². The number of carboxylic acids is 1. The van der Waals surface area contributed by atoms with Crippen molar-refractivity contribution >= 4 is 23.6 Å². The first kappa shape index (κ1) is 18.5. The Kier molecular flexibility index (Phi) is 7.95. The first-order chi connectivity index (χ1) is 10.4. The van der Waals surface area contributed by atoms with Crippen LogP contribution in [0.15, 0.2) is 29.2 Å². The number of halogens is 1. The molecule has 4 nitrogen and oxygen atoms in total. The highest BCUT2D eigenvalue weighted by molar-refractivity contribution is 7.99. The van der Waals surface area contributed by atoms with E-state index < -0.39 is 11.9 Å². The summed E-state index contributed by atoms with van der Waals surface area (Å²) in [7, 11) is 0. The Labute approximate surface area is 134 Å². The van der Waals surface area contributed by atoms with Crippen molar-refractivity contribution in [2.24, 2.45) is 11.8 Å². The highest BCUT2D eigenvalue weighted by atomic mass is 32.2. The molecule has 1 unspecified atom stereocenters. The molecule has 2 N–H and O–H groups in total. The quantitative estimate of drug-likeness (QED) is 0.684. The number of aliphatic carboxylic acids is 1. The van der Waals surface area contributed by atoms with Crippen LogP contribution in [0.4, 0.5) is 4.39 Å². The summed E-state index contributed by atoms with van der Waals surface area (Å²) in [5, 5.41) is 11.8. The van der Waals surface area contributed by atoms with Crippen LogP contribution >= 0.6 is 11.8 Å². The topological polar surface area (TPSA) is 66.4 Å². The van der Waals surface area contributed by atoms with Gasteiger partial charge in [-0.05, 0) is 36.6 Å². The van der Waals surface area contributed by atoms with Crippen LogP contribution in [-0.4, -0.2) is 29.3 Å². The summed E-state index contributed by atoms with van der Waals surface area (Å²) in [6, 6.07) is 6.10. The normalized spacial score (nSPS) is 12.2. The van der Waals surface area contributed by atoms with E-state index in [1.165, 1.54) is 23.9 Å². The molecular formula is C16H22FNO3S. The fourth-order valence-corrected chi connectivity index (χ4v) is 2.81. The Hall–Kier alpha value is -1.56. The molecule has 0 fully saturated rings. The van der Waals surface area contributed by atoms with Gasteiger partial charge in [-0.3, -0.25) is 9.59 Å². The Morgan fingerprint density at radius 1 is 1.27 bits per heavy atom. The number of thioether (sulfide) groups is 1. The van der Waals surface area contributed by atoms with Gasteiger partial charge in [0.2, 0.25) is 5.91 Å². The number of carboxylic acid groups (broad SMARTS) is 1. The van der Waals surface area contributed by atoms with Gasteiger partial charge in [0.1, 0.15) is 5.82 Å². The summed E-state index contributed by atoms with van der Waals surface area (Å²) in [6.45, 7) is 4.07. The van der Waals surface area contributed by atoms with E-state index in [0.29, 0.717) is 18.6 Å². The van der Waals surface area contributed by atoms with Gasteiger partial charge in [-0.1, -0.05) is 13.8 Å². The van der Waals surface area contributed by atoms with Crippen molar-refractivity contribution in [3.8, 4) is 0 Å². The standard InChI is InChI=1S/C16H22FNO3S/c1-11(2)9-12(16(20)21)10-18-15(19)7-8-22-14-5-3-13(17)4-6-14/h3-6,11-12H,7-10H2,1-2H3,(H,18,19)(H,20,21). The van der Waals surface area contributed by atoms with E-state index in [4.69, 9.17) is 5.11 Å².